The minimum Gasteiger partial charge on any atom is -0.469 e. The van der Waals surface area contributed by atoms with Crippen molar-refractivity contribution in [2.75, 3.05) is 14.2 Å². The fraction of sp³-hybridized carbons (Fsp3) is 0.667. The average Bonchev–Trinajstić information content (AvgIpc) is 2.75. The first-order chi connectivity index (χ1) is 8.08. The second kappa shape index (κ2) is 6.71. The number of ether oxygens (including phenoxy) is 2. The number of carbonyl (C=O) groups is 1. The molecule has 0 aliphatic carbocycles. The van der Waals surface area contributed by atoms with Crippen LogP contribution in [0.3, 0.4) is 0 Å². The SMILES string of the molecule is COC(=O)CCc1csc(C(OC)C(C)C)n1. The van der Waals surface area contributed by atoms with Gasteiger partial charge in [-0.3, -0.25) is 4.79 Å². The summed E-state index contributed by atoms with van der Waals surface area (Å²) in [5.74, 6) is 0.186. The Labute approximate surface area is 106 Å². The highest BCUT2D eigenvalue weighted by Crippen LogP contribution is 2.28. The first kappa shape index (κ1) is 14.1. The van der Waals surface area contributed by atoms with Crippen molar-refractivity contribution in [1.29, 1.82) is 0 Å². The maximum atomic E-state index is 11.0. The van der Waals surface area contributed by atoms with E-state index in [9.17, 15) is 4.79 Å². The van der Waals surface area contributed by atoms with E-state index in [1.165, 1.54) is 7.11 Å². The van der Waals surface area contributed by atoms with Crippen LogP contribution >= 0.6 is 11.3 Å². The number of hydrogen-bond donors (Lipinski definition) is 0. The Morgan fingerprint density at radius 1 is 1.47 bits per heavy atom. The molecule has 0 N–H and O–H groups in total. The van der Waals surface area contributed by atoms with Gasteiger partial charge < -0.3 is 9.47 Å². The Balaban J connectivity index is 2.61. The second-order valence-electron chi connectivity index (χ2n) is 4.15. The molecule has 1 rings (SSSR count). The molecule has 0 aliphatic rings. The molecule has 4 nitrogen and oxygen atoms in total. The molecule has 1 aromatic heterocycles. The predicted molar refractivity (Wildman–Crippen MR) is 67.0 cm³/mol. The maximum absolute atomic E-state index is 11.0. The summed E-state index contributed by atoms with van der Waals surface area (Å²) in [4.78, 5) is 15.5. The molecule has 0 bridgehead atoms. The molecule has 1 aromatic rings. The van der Waals surface area contributed by atoms with Crippen molar-refractivity contribution in [3.05, 3.63) is 16.1 Å². The topological polar surface area (TPSA) is 48.4 Å². The van der Waals surface area contributed by atoms with Crippen LogP contribution in [0, 0.1) is 5.92 Å². The lowest BCUT2D eigenvalue weighted by Crippen LogP contribution is -2.09. The molecule has 0 spiro atoms. The van der Waals surface area contributed by atoms with Crippen LogP contribution < -0.4 is 0 Å². The Bertz CT molecular complexity index is 362. The molecule has 0 radical (unpaired) electrons. The summed E-state index contributed by atoms with van der Waals surface area (Å²) in [6.07, 6.45) is 1.03. The van der Waals surface area contributed by atoms with Gasteiger partial charge in [-0.05, 0) is 5.92 Å². The van der Waals surface area contributed by atoms with Crippen LogP contribution in [0.25, 0.3) is 0 Å². The molecule has 5 heteroatoms. The van der Waals surface area contributed by atoms with Crippen molar-refractivity contribution in [2.24, 2.45) is 5.92 Å². The van der Waals surface area contributed by atoms with E-state index in [2.05, 4.69) is 23.6 Å². The van der Waals surface area contributed by atoms with Crippen molar-refractivity contribution in [3.63, 3.8) is 0 Å². The summed E-state index contributed by atoms with van der Waals surface area (Å²) < 4.78 is 10.0. The van der Waals surface area contributed by atoms with E-state index in [0.29, 0.717) is 18.8 Å². The van der Waals surface area contributed by atoms with Crippen LogP contribution in [-0.4, -0.2) is 25.2 Å². The maximum Gasteiger partial charge on any atom is 0.305 e. The Morgan fingerprint density at radius 3 is 2.71 bits per heavy atom. The molecule has 0 fully saturated rings. The van der Waals surface area contributed by atoms with E-state index in [0.717, 1.165) is 10.7 Å². The highest BCUT2D eigenvalue weighted by Gasteiger charge is 2.18. The highest BCUT2D eigenvalue weighted by molar-refractivity contribution is 7.09. The summed E-state index contributed by atoms with van der Waals surface area (Å²) in [5, 5.41) is 2.95. The number of rotatable bonds is 6. The normalized spacial score (nSPS) is 12.8. The van der Waals surface area contributed by atoms with Crippen LogP contribution in [0.1, 0.15) is 37.1 Å². The van der Waals surface area contributed by atoms with Gasteiger partial charge in [0, 0.05) is 18.9 Å². The summed E-state index contributed by atoms with van der Waals surface area (Å²) in [6.45, 7) is 4.20. The van der Waals surface area contributed by atoms with Gasteiger partial charge in [0.1, 0.15) is 11.1 Å². The molecule has 0 aliphatic heterocycles. The number of nitrogens with zero attached hydrogens (tertiary/aromatic N) is 1. The van der Waals surface area contributed by atoms with Gasteiger partial charge in [0.2, 0.25) is 0 Å². The van der Waals surface area contributed by atoms with Crippen molar-refractivity contribution in [2.45, 2.75) is 32.8 Å². The standard InChI is InChI=1S/C12H19NO3S/c1-8(2)11(16-4)12-13-9(7-17-12)5-6-10(14)15-3/h7-8,11H,5-6H2,1-4H3. The number of hydrogen-bond acceptors (Lipinski definition) is 5. The zero-order chi connectivity index (χ0) is 12.8. The van der Waals surface area contributed by atoms with Crippen LogP contribution in [0.2, 0.25) is 0 Å². The van der Waals surface area contributed by atoms with Crippen molar-refractivity contribution in [1.82, 2.24) is 4.98 Å². The van der Waals surface area contributed by atoms with Crippen LogP contribution in [0.5, 0.6) is 0 Å². The smallest absolute Gasteiger partial charge is 0.305 e. The molecule has 0 saturated heterocycles. The van der Waals surface area contributed by atoms with E-state index < -0.39 is 0 Å². The second-order valence-corrected chi connectivity index (χ2v) is 5.04. The van der Waals surface area contributed by atoms with Crippen molar-refractivity contribution < 1.29 is 14.3 Å². The number of esters is 1. The molecular weight excluding hydrogens is 238 g/mol. The van der Waals surface area contributed by atoms with Crippen molar-refractivity contribution >= 4 is 17.3 Å². The van der Waals surface area contributed by atoms with Gasteiger partial charge in [0.25, 0.3) is 0 Å². The van der Waals surface area contributed by atoms with Crippen molar-refractivity contribution in [3.8, 4) is 0 Å². The van der Waals surface area contributed by atoms with Crippen LogP contribution in [-0.2, 0) is 20.7 Å². The van der Waals surface area contributed by atoms with Gasteiger partial charge in [-0.2, -0.15) is 0 Å². The van der Waals surface area contributed by atoms with E-state index >= 15 is 0 Å². The Hall–Kier alpha value is -0.940. The molecule has 1 heterocycles. The number of thiazole rings is 1. The van der Waals surface area contributed by atoms with Gasteiger partial charge in [-0.1, -0.05) is 13.8 Å². The van der Waals surface area contributed by atoms with Gasteiger partial charge in [-0.15, -0.1) is 11.3 Å². The fourth-order valence-corrected chi connectivity index (χ4v) is 2.66. The van der Waals surface area contributed by atoms with Crippen LogP contribution in [0.4, 0.5) is 0 Å². The number of aromatic nitrogens is 1. The summed E-state index contributed by atoms with van der Waals surface area (Å²) >= 11 is 1.58. The first-order valence-corrected chi connectivity index (χ1v) is 6.50. The van der Waals surface area contributed by atoms with E-state index in [4.69, 9.17) is 4.74 Å². The molecular formula is C12H19NO3S. The van der Waals surface area contributed by atoms with E-state index in [-0.39, 0.29) is 12.1 Å². The summed E-state index contributed by atoms with van der Waals surface area (Å²) in [5.41, 5.74) is 0.929. The van der Waals surface area contributed by atoms with E-state index in [1.54, 1.807) is 18.4 Å². The summed E-state index contributed by atoms with van der Waals surface area (Å²) in [6, 6.07) is 0. The van der Waals surface area contributed by atoms with Gasteiger partial charge in [0.05, 0.1) is 19.2 Å². The number of aryl methyl sites for hydroxylation is 1. The predicted octanol–water partition coefficient (Wildman–Crippen LogP) is 2.59. The lowest BCUT2D eigenvalue weighted by Gasteiger charge is -2.15. The van der Waals surface area contributed by atoms with Gasteiger partial charge in [0.15, 0.2) is 0 Å². The number of methoxy groups -OCH3 is 2. The monoisotopic (exact) mass is 257 g/mol. The highest BCUT2D eigenvalue weighted by atomic mass is 32.1. The lowest BCUT2D eigenvalue weighted by atomic mass is 10.1. The zero-order valence-corrected chi connectivity index (χ0v) is 11.5. The molecule has 96 valence electrons. The van der Waals surface area contributed by atoms with E-state index in [1.807, 2.05) is 5.38 Å². The average molecular weight is 257 g/mol. The van der Waals surface area contributed by atoms with Crippen LogP contribution in [0.15, 0.2) is 5.38 Å². The molecule has 0 amide bonds. The molecule has 0 aromatic carbocycles. The largest absolute Gasteiger partial charge is 0.469 e. The van der Waals surface area contributed by atoms with Gasteiger partial charge >= 0.3 is 5.97 Å². The summed E-state index contributed by atoms with van der Waals surface area (Å²) in [7, 11) is 3.09. The Morgan fingerprint density at radius 2 is 2.18 bits per heavy atom. The fourth-order valence-electron chi connectivity index (χ4n) is 1.56. The number of carbonyl (C=O) groups excluding carboxylic acids is 1. The lowest BCUT2D eigenvalue weighted by molar-refractivity contribution is -0.140. The molecule has 17 heavy (non-hydrogen) atoms. The minimum absolute atomic E-state index is 0.0341. The van der Waals surface area contributed by atoms with Gasteiger partial charge in [-0.25, -0.2) is 4.98 Å². The molecule has 1 atom stereocenters. The minimum atomic E-state index is -0.202. The zero-order valence-electron chi connectivity index (χ0n) is 10.7. The molecule has 0 saturated carbocycles. The third-order valence-electron chi connectivity index (χ3n) is 2.49. The molecule has 1 unspecified atom stereocenters. The first-order valence-electron chi connectivity index (χ1n) is 5.62. The Kier molecular flexibility index (Phi) is 5.58. The quantitative estimate of drug-likeness (QED) is 0.735. The third-order valence-corrected chi connectivity index (χ3v) is 3.44. The third kappa shape index (κ3) is 4.09.